The van der Waals surface area contributed by atoms with Gasteiger partial charge in [-0.05, 0) is 30.3 Å². The minimum atomic E-state index is -3.66. The van der Waals surface area contributed by atoms with Crippen LogP contribution in [0.15, 0.2) is 47.4 Å². The Morgan fingerprint density at radius 3 is 2.68 bits per heavy atom. The molecule has 0 aliphatic rings. The van der Waals surface area contributed by atoms with Crippen molar-refractivity contribution in [3.8, 4) is 5.75 Å². The Morgan fingerprint density at radius 2 is 2.05 bits per heavy atom. The first-order valence-corrected chi connectivity index (χ1v) is 7.21. The first-order chi connectivity index (χ1) is 9.01. The van der Waals surface area contributed by atoms with E-state index in [2.05, 4.69) is 10.8 Å². The molecule has 0 heterocycles. The van der Waals surface area contributed by atoms with Gasteiger partial charge in [-0.25, -0.2) is 8.42 Å². The molecular weight excluding hydrogens is 286 g/mol. The van der Waals surface area contributed by atoms with Crippen LogP contribution in [0, 0.1) is 6.07 Å². The minimum absolute atomic E-state index is 0.121. The number of methoxy groups -OCH3 is 1. The van der Waals surface area contributed by atoms with Crippen molar-refractivity contribution in [3.63, 3.8) is 0 Å². The van der Waals surface area contributed by atoms with E-state index in [1.54, 1.807) is 24.3 Å². The Labute approximate surface area is 117 Å². The summed E-state index contributed by atoms with van der Waals surface area (Å²) in [5, 5.41) is 0.490. The zero-order valence-electron chi connectivity index (χ0n) is 10.1. The predicted octanol–water partition coefficient (Wildman–Crippen LogP) is 2.95. The summed E-state index contributed by atoms with van der Waals surface area (Å²) in [4.78, 5) is 0.121. The van der Waals surface area contributed by atoms with E-state index >= 15 is 0 Å². The minimum Gasteiger partial charge on any atom is -0.497 e. The fourth-order valence-electron chi connectivity index (χ4n) is 1.44. The molecule has 0 atom stereocenters. The number of nitrogens with one attached hydrogen (secondary N) is 1. The molecule has 0 saturated carbocycles. The summed E-state index contributed by atoms with van der Waals surface area (Å²) >= 11 is 5.71. The van der Waals surface area contributed by atoms with E-state index in [4.69, 9.17) is 16.3 Å². The van der Waals surface area contributed by atoms with E-state index < -0.39 is 10.0 Å². The fourth-order valence-corrected chi connectivity index (χ4v) is 2.62. The molecule has 2 aromatic carbocycles. The number of sulfonamides is 1. The molecule has 1 radical (unpaired) electrons. The fraction of sp³-hybridized carbons (Fsp3) is 0.0769. The molecule has 6 heteroatoms. The van der Waals surface area contributed by atoms with Gasteiger partial charge >= 0.3 is 0 Å². The van der Waals surface area contributed by atoms with Crippen molar-refractivity contribution in [2.24, 2.45) is 0 Å². The highest BCUT2D eigenvalue weighted by Crippen LogP contribution is 2.20. The third-order valence-electron chi connectivity index (χ3n) is 2.37. The number of ether oxygens (including phenoxy) is 1. The van der Waals surface area contributed by atoms with Gasteiger partial charge in [0.05, 0.1) is 17.7 Å². The second-order valence-electron chi connectivity index (χ2n) is 3.71. The first kappa shape index (κ1) is 13.7. The zero-order chi connectivity index (χ0) is 13.9. The van der Waals surface area contributed by atoms with Gasteiger partial charge in [0.1, 0.15) is 5.75 Å². The summed E-state index contributed by atoms with van der Waals surface area (Å²) in [6.45, 7) is 0. The van der Waals surface area contributed by atoms with E-state index in [0.29, 0.717) is 16.5 Å². The lowest BCUT2D eigenvalue weighted by Gasteiger charge is -2.08. The largest absolute Gasteiger partial charge is 0.497 e. The van der Waals surface area contributed by atoms with Gasteiger partial charge in [-0.2, -0.15) is 0 Å². The van der Waals surface area contributed by atoms with Crippen LogP contribution in [0.4, 0.5) is 5.69 Å². The number of hydrogen-bond donors (Lipinski definition) is 1. The maximum atomic E-state index is 12.1. The highest BCUT2D eigenvalue weighted by atomic mass is 35.5. The van der Waals surface area contributed by atoms with Gasteiger partial charge in [-0.3, -0.25) is 4.72 Å². The monoisotopic (exact) mass is 296 g/mol. The quantitative estimate of drug-likeness (QED) is 0.944. The lowest BCUT2D eigenvalue weighted by molar-refractivity contribution is 0.413. The van der Waals surface area contributed by atoms with Gasteiger partial charge in [0.2, 0.25) is 0 Å². The Kier molecular flexibility index (Phi) is 3.97. The van der Waals surface area contributed by atoms with Gasteiger partial charge in [0, 0.05) is 17.2 Å². The van der Waals surface area contributed by atoms with Crippen molar-refractivity contribution in [2.75, 3.05) is 11.8 Å². The number of anilines is 1. The van der Waals surface area contributed by atoms with E-state index in [0.717, 1.165) is 0 Å². The standard InChI is InChI=1S/C13H11ClNO3S/c1-18-12-3-2-4-13(9-12)19(16,17)15-11-7-5-10(14)6-8-11/h2-7,9,15H,1H3. The van der Waals surface area contributed by atoms with Crippen LogP contribution in [0.25, 0.3) is 0 Å². The van der Waals surface area contributed by atoms with Crippen LogP contribution in [-0.4, -0.2) is 15.5 Å². The molecule has 99 valence electrons. The third kappa shape index (κ3) is 3.39. The van der Waals surface area contributed by atoms with Crippen LogP contribution < -0.4 is 9.46 Å². The highest BCUT2D eigenvalue weighted by molar-refractivity contribution is 7.92. The summed E-state index contributed by atoms with van der Waals surface area (Å²) in [6.07, 6.45) is 0. The maximum absolute atomic E-state index is 12.1. The molecule has 4 nitrogen and oxygen atoms in total. The van der Waals surface area contributed by atoms with Gasteiger partial charge in [-0.1, -0.05) is 17.7 Å². The van der Waals surface area contributed by atoms with E-state index in [9.17, 15) is 8.42 Å². The molecule has 0 unspecified atom stereocenters. The van der Waals surface area contributed by atoms with Crippen molar-refractivity contribution < 1.29 is 13.2 Å². The Morgan fingerprint density at radius 1 is 1.26 bits per heavy atom. The van der Waals surface area contributed by atoms with Crippen molar-refractivity contribution in [1.82, 2.24) is 0 Å². The molecule has 0 aliphatic heterocycles. The summed E-state index contributed by atoms with van der Waals surface area (Å²) in [5.41, 5.74) is 0.326. The van der Waals surface area contributed by atoms with Crippen molar-refractivity contribution in [1.29, 1.82) is 0 Å². The molecule has 0 saturated heterocycles. The Hall–Kier alpha value is -1.72. The lowest BCUT2D eigenvalue weighted by Crippen LogP contribution is -2.12. The van der Waals surface area contributed by atoms with Crippen LogP contribution in [-0.2, 0) is 10.0 Å². The Bertz CT molecular complexity index is 669. The SMILES string of the molecule is COc1cccc(S(=O)(=O)Nc2[c]cc(Cl)cc2)c1. The van der Waals surface area contributed by atoms with Crippen LogP contribution >= 0.6 is 11.6 Å². The van der Waals surface area contributed by atoms with Crippen LogP contribution in [0.3, 0.4) is 0 Å². The molecule has 19 heavy (non-hydrogen) atoms. The van der Waals surface area contributed by atoms with E-state index in [1.807, 2.05) is 0 Å². The van der Waals surface area contributed by atoms with E-state index in [-0.39, 0.29) is 4.90 Å². The molecule has 0 aliphatic carbocycles. The smallest absolute Gasteiger partial charge is 0.262 e. The number of benzene rings is 2. The van der Waals surface area contributed by atoms with Gasteiger partial charge in [-0.15, -0.1) is 0 Å². The second-order valence-corrected chi connectivity index (χ2v) is 5.82. The molecule has 0 spiro atoms. The second kappa shape index (κ2) is 5.50. The first-order valence-electron chi connectivity index (χ1n) is 5.35. The van der Waals surface area contributed by atoms with Crippen molar-refractivity contribution in [3.05, 3.63) is 53.6 Å². The molecule has 0 fully saturated rings. The average Bonchev–Trinajstić information content (AvgIpc) is 2.41. The Balaban J connectivity index is 2.29. The van der Waals surface area contributed by atoms with Gasteiger partial charge < -0.3 is 4.74 Å². The molecule has 0 bridgehead atoms. The van der Waals surface area contributed by atoms with Crippen molar-refractivity contribution >= 4 is 27.3 Å². The normalized spacial score (nSPS) is 11.1. The summed E-state index contributed by atoms with van der Waals surface area (Å²) in [7, 11) is -2.18. The topological polar surface area (TPSA) is 55.4 Å². The van der Waals surface area contributed by atoms with Crippen LogP contribution in [0.1, 0.15) is 0 Å². The van der Waals surface area contributed by atoms with Gasteiger partial charge in [0.25, 0.3) is 10.0 Å². The van der Waals surface area contributed by atoms with Crippen LogP contribution in [0.5, 0.6) is 5.75 Å². The zero-order valence-corrected chi connectivity index (χ0v) is 11.6. The average molecular weight is 297 g/mol. The summed E-state index contributed by atoms with van der Waals surface area (Å²) < 4.78 is 31.7. The van der Waals surface area contributed by atoms with Crippen molar-refractivity contribution in [2.45, 2.75) is 4.90 Å². The van der Waals surface area contributed by atoms with Crippen LogP contribution in [0.2, 0.25) is 5.02 Å². The summed E-state index contributed by atoms with van der Waals surface area (Å²) in [5.74, 6) is 0.475. The van der Waals surface area contributed by atoms with Gasteiger partial charge in [0.15, 0.2) is 0 Å². The number of hydrogen-bond acceptors (Lipinski definition) is 3. The maximum Gasteiger partial charge on any atom is 0.262 e. The molecule has 0 aromatic heterocycles. The molecule has 2 rings (SSSR count). The van der Waals surface area contributed by atoms with E-state index in [1.165, 1.54) is 25.3 Å². The summed E-state index contributed by atoms with van der Waals surface area (Å²) in [6, 6.07) is 13.6. The predicted molar refractivity (Wildman–Crippen MR) is 74.1 cm³/mol. The molecule has 1 N–H and O–H groups in total. The third-order valence-corrected chi connectivity index (χ3v) is 3.97. The molecule has 0 amide bonds. The number of rotatable bonds is 4. The lowest BCUT2D eigenvalue weighted by atomic mass is 10.3. The molecular formula is C13H11ClNO3S. The molecule has 2 aromatic rings. The number of halogens is 1. The highest BCUT2D eigenvalue weighted by Gasteiger charge is 2.14.